The SMILES string of the molecule is CCOc1cccc(F)c1CN1CCN(C(=O)[C@H](N)C2CCN(CCc3ccsc3Cl)CC2)CC1. The Hall–Kier alpha value is -1.71. The van der Waals surface area contributed by atoms with E-state index in [1.54, 1.807) is 17.4 Å². The first-order chi connectivity index (χ1) is 17.0. The Balaban J connectivity index is 1.21. The number of halogens is 2. The zero-order chi connectivity index (χ0) is 24.8. The van der Waals surface area contributed by atoms with Gasteiger partial charge in [-0.2, -0.15) is 0 Å². The number of piperazine rings is 1. The summed E-state index contributed by atoms with van der Waals surface area (Å²) in [6.45, 7) is 8.41. The van der Waals surface area contributed by atoms with Gasteiger partial charge in [0.05, 0.1) is 17.0 Å². The van der Waals surface area contributed by atoms with Gasteiger partial charge in [0, 0.05) is 44.8 Å². The Morgan fingerprint density at radius 1 is 1.17 bits per heavy atom. The van der Waals surface area contributed by atoms with E-state index in [4.69, 9.17) is 22.1 Å². The van der Waals surface area contributed by atoms with Crippen LogP contribution >= 0.6 is 22.9 Å². The average molecular weight is 523 g/mol. The molecule has 0 aliphatic carbocycles. The number of hydrogen-bond acceptors (Lipinski definition) is 6. The number of hydrogen-bond donors (Lipinski definition) is 1. The van der Waals surface area contributed by atoms with E-state index in [0.717, 1.165) is 43.2 Å². The van der Waals surface area contributed by atoms with Gasteiger partial charge in [-0.25, -0.2) is 4.39 Å². The van der Waals surface area contributed by atoms with Crippen LogP contribution in [0.25, 0.3) is 0 Å². The molecule has 0 spiro atoms. The smallest absolute Gasteiger partial charge is 0.239 e. The van der Waals surface area contributed by atoms with Crippen molar-refractivity contribution in [1.82, 2.24) is 14.7 Å². The van der Waals surface area contributed by atoms with Crippen LogP contribution in [0.4, 0.5) is 4.39 Å². The summed E-state index contributed by atoms with van der Waals surface area (Å²) < 4.78 is 20.9. The third-order valence-corrected chi connectivity index (χ3v) is 8.51. The van der Waals surface area contributed by atoms with Crippen molar-refractivity contribution in [3.8, 4) is 5.75 Å². The Morgan fingerprint density at radius 3 is 2.57 bits per heavy atom. The largest absolute Gasteiger partial charge is 0.493 e. The quantitative estimate of drug-likeness (QED) is 0.542. The molecule has 3 heterocycles. The van der Waals surface area contributed by atoms with Crippen molar-refractivity contribution >= 4 is 28.8 Å². The molecule has 2 aliphatic heterocycles. The number of ether oxygens (including phenoxy) is 1. The third-order valence-electron chi connectivity index (χ3n) is 7.26. The van der Waals surface area contributed by atoms with Gasteiger partial charge in [-0.3, -0.25) is 9.69 Å². The first-order valence-electron chi connectivity index (χ1n) is 12.6. The predicted octanol–water partition coefficient (Wildman–Crippen LogP) is 3.87. The maximum Gasteiger partial charge on any atom is 0.239 e. The van der Waals surface area contributed by atoms with Crippen molar-refractivity contribution in [2.45, 2.75) is 38.8 Å². The lowest BCUT2D eigenvalue weighted by atomic mass is 9.89. The van der Waals surface area contributed by atoms with Crippen LogP contribution < -0.4 is 10.5 Å². The van der Waals surface area contributed by atoms with Gasteiger partial charge >= 0.3 is 0 Å². The summed E-state index contributed by atoms with van der Waals surface area (Å²) in [5.41, 5.74) is 8.26. The fraction of sp³-hybridized carbons (Fsp3) is 0.577. The second-order valence-corrected chi connectivity index (χ2v) is 10.9. The molecule has 2 saturated heterocycles. The van der Waals surface area contributed by atoms with E-state index in [1.807, 2.05) is 23.3 Å². The van der Waals surface area contributed by atoms with Crippen molar-refractivity contribution in [3.63, 3.8) is 0 Å². The highest BCUT2D eigenvalue weighted by atomic mass is 35.5. The molecule has 6 nitrogen and oxygen atoms in total. The monoisotopic (exact) mass is 522 g/mol. The number of rotatable bonds is 9. The van der Waals surface area contributed by atoms with Gasteiger partial charge in [0.2, 0.25) is 5.91 Å². The van der Waals surface area contributed by atoms with Crippen LogP contribution in [-0.4, -0.2) is 79.1 Å². The number of likely N-dealkylation sites (tertiary alicyclic amines) is 1. The van der Waals surface area contributed by atoms with Gasteiger partial charge in [-0.15, -0.1) is 11.3 Å². The maximum atomic E-state index is 14.4. The van der Waals surface area contributed by atoms with Crippen molar-refractivity contribution in [2.75, 3.05) is 52.4 Å². The van der Waals surface area contributed by atoms with E-state index >= 15 is 0 Å². The van der Waals surface area contributed by atoms with E-state index in [-0.39, 0.29) is 17.6 Å². The fourth-order valence-electron chi connectivity index (χ4n) is 5.06. The lowest BCUT2D eigenvalue weighted by molar-refractivity contribution is -0.136. The van der Waals surface area contributed by atoms with Gasteiger partial charge in [0.25, 0.3) is 0 Å². The molecule has 2 N–H and O–H groups in total. The van der Waals surface area contributed by atoms with Crippen LogP contribution in [0.1, 0.15) is 30.9 Å². The highest BCUT2D eigenvalue weighted by molar-refractivity contribution is 7.14. The Morgan fingerprint density at radius 2 is 1.91 bits per heavy atom. The number of carbonyl (C=O) groups excluding carboxylic acids is 1. The standard InChI is InChI=1S/C26H36ClFN4O2S/c1-2-34-23-5-3-4-22(28)21(23)18-31-13-15-32(16-14-31)26(33)24(29)19-6-10-30(11-7-19)12-8-20-9-17-35-25(20)27/h3-5,9,17,19,24H,2,6-8,10-16,18,29H2,1H3/t24-/m1/s1. The topological polar surface area (TPSA) is 62.0 Å². The third kappa shape index (κ3) is 6.74. The summed E-state index contributed by atoms with van der Waals surface area (Å²) in [6, 6.07) is 6.60. The second kappa shape index (κ2) is 12.5. The number of carbonyl (C=O) groups is 1. The molecule has 0 bridgehead atoms. The summed E-state index contributed by atoms with van der Waals surface area (Å²) in [4.78, 5) is 19.6. The van der Waals surface area contributed by atoms with E-state index in [0.29, 0.717) is 50.6 Å². The molecule has 2 aliphatic rings. The number of benzene rings is 1. The molecule has 1 aromatic heterocycles. The molecule has 2 aromatic rings. The summed E-state index contributed by atoms with van der Waals surface area (Å²) in [6.07, 6.45) is 2.84. The summed E-state index contributed by atoms with van der Waals surface area (Å²) in [5, 5.41) is 2.03. The van der Waals surface area contributed by atoms with Crippen molar-refractivity contribution in [1.29, 1.82) is 0 Å². The van der Waals surface area contributed by atoms with Crippen LogP contribution in [0.5, 0.6) is 5.75 Å². The van der Waals surface area contributed by atoms with Crippen molar-refractivity contribution in [3.05, 3.63) is 50.9 Å². The minimum atomic E-state index is -0.453. The highest BCUT2D eigenvalue weighted by Gasteiger charge is 2.33. The number of nitrogens with zero attached hydrogens (tertiary/aromatic N) is 3. The number of thiophene rings is 1. The number of nitrogens with two attached hydrogens (primary N) is 1. The van der Waals surface area contributed by atoms with Gasteiger partial charge in [-0.05, 0) is 74.3 Å². The van der Waals surface area contributed by atoms with E-state index in [1.165, 1.54) is 11.6 Å². The van der Waals surface area contributed by atoms with Crippen molar-refractivity contribution < 1.29 is 13.9 Å². The molecular formula is C26H36ClFN4O2S. The fourth-order valence-corrected chi connectivity index (χ4v) is 6.04. The summed E-state index contributed by atoms with van der Waals surface area (Å²) in [7, 11) is 0. The Labute approximate surface area is 216 Å². The van der Waals surface area contributed by atoms with Crippen molar-refractivity contribution in [2.24, 2.45) is 11.7 Å². The van der Waals surface area contributed by atoms with Crippen LogP contribution in [0.2, 0.25) is 4.34 Å². The zero-order valence-corrected chi connectivity index (χ0v) is 22.0. The van der Waals surface area contributed by atoms with Crippen LogP contribution in [0, 0.1) is 11.7 Å². The molecule has 35 heavy (non-hydrogen) atoms. The van der Waals surface area contributed by atoms with Crippen LogP contribution in [0.3, 0.4) is 0 Å². The normalized spacial score (nSPS) is 19.1. The summed E-state index contributed by atoms with van der Waals surface area (Å²) in [5.74, 6) is 0.613. The number of amides is 1. The molecule has 9 heteroatoms. The van der Waals surface area contributed by atoms with Crippen LogP contribution in [-0.2, 0) is 17.8 Å². The first kappa shape index (κ1) is 26.4. The van der Waals surface area contributed by atoms with Gasteiger partial charge < -0.3 is 20.3 Å². The van der Waals surface area contributed by atoms with Gasteiger partial charge in [0.1, 0.15) is 11.6 Å². The lowest BCUT2D eigenvalue weighted by Gasteiger charge is -2.39. The molecule has 0 unspecified atom stereocenters. The Bertz CT molecular complexity index is 974. The highest BCUT2D eigenvalue weighted by Crippen LogP contribution is 2.26. The lowest BCUT2D eigenvalue weighted by Crippen LogP contribution is -2.55. The van der Waals surface area contributed by atoms with E-state index in [9.17, 15) is 9.18 Å². The van der Waals surface area contributed by atoms with E-state index < -0.39 is 6.04 Å². The first-order valence-corrected chi connectivity index (χ1v) is 13.8. The molecule has 1 atom stereocenters. The zero-order valence-electron chi connectivity index (χ0n) is 20.4. The average Bonchev–Trinajstić information content (AvgIpc) is 3.29. The molecule has 0 radical (unpaired) electrons. The molecule has 1 amide bonds. The summed E-state index contributed by atoms with van der Waals surface area (Å²) >= 11 is 7.80. The maximum absolute atomic E-state index is 14.4. The van der Waals surface area contributed by atoms with E-state index in [2.05, 4.69) is 15.9 Å². The predicted molar refractivity (Wildman–Crippen MR) is 140 cm³/mol. The second-order valence-electron chi connectivity index (χ2n) is 9.43. The minimum absolute atomic E-state index is 0.0500. The molecule has 4 rings (SSSR count). The molecular weight excluding hydrogens is 487 g/mol. The van der Waals surface area contributed by atoms with Crippen LogP contribution in [0.15, 0.2) is 29.6 Å². The molecule has 1 aromatic carbocycles. The van der Waals surface area contributed by atoms with Gasteiger partial charge in [0.15, 0.2) is 0 Å². The molecule has 192 valence electrons. The molecule has 2 fully saturated rings. The minimum Gasteiger partial charge on any atom is -0.493 e. The molecule has 0 saturated carbocycles. The number of piperidine rings is 1. The Kier molecular flexibility index (Phi) is 9.41. The van der Waals surface area contributed by atoms with Gasteiger partial charge in [-0.1, -0.05) is 17.7 Å².